The van der Waals surface area contributed by atoms with Crippen molar-refractivity contribution in [3.63, 3.8) is 0 Å². The lowest BCUT2D eigenvalue weighted by Crippen LogP contribution is -2.34. The van der Waals surface area contributed by atoms with Crippen molar-refractivity contribution in [3.8, 4) is 0 Å². The van der Waals surface area contributed by atoms with Gasteiger partial charge in [0.25, 0.3) is 0 Å². The van der Waals surface area contributed by atoms with Crippen molar-refractivity contribution in [2.75, 3.05) is 20.3 Å². The molecule has 0 aromatic carbocycles. The zero-order chi connectivity index (χ0) is 11.4. The summed E-state index contributed by atoms with van der Waals surface area (Å²) in [4.78, 5) is 0.325. The van der Waals surface area contributed by atoms with E-state index in [2.05, 4.69) is 43.6 Å². The molecule has 0 saturated heterocycles. The van der Waals surface area contributed by atoms with Crippen molar-refractivity contribution < 1.29 is 9.84 Å². The lowest BCUT2D eigenvalue weighted by Gasteiger charge is -2.37. The molecule has 0 fully saturated rings. The van der Waals surface area contributed by atoms with Gasteiger partial charge in [0.1, 0.15) is 0 Å². The highest BCUT2D eigenvalue weighted by atomic mass is 79.9. The van der Waals surface area contributed by atoms with Gasteiger partial charge in [0.15, 0.2) is 0 Å². The van der Waals surface area contributed by atoms with Gasteiger partial charge in [0, 0.05) is 18.5 Å². The van der Waals surface area contributed by atoms with Gasteiger partial charge in [-0.1, -0.05) is 43.6 Å². The molecule has 0 aromatic heterocycles. The molecule has 0 heterocycles. The third kappa shape index (κ3) is 4.76. The van der Waals surface area contributed by atoms with Crippen LogP contribution in [0.4, 0.5) is 0 Å². The molecule has 0 saturated carbocycles. The predicted molar refractivity (Wildman–Crippen MR) is 63.9 cm³/mol. The van der Waals surface area contributed by atoms with Crippen LogP contribution in [0.3, 0.4) is 0 Å². The monoisotopic (exact) mass is 266 g/mol. The minimum Gasteiger partial charge on any atom is -0.396 e. The van der Waals surface area contributed by atoms with Crippen LogP contribution in [0.1, 0.15) is 34.1 Å². The van der Waals surface area contributed by atoms with Crippen molar-refractivity contribution in [2.24, 2.45) is 10.8 Å². The number of aliphatic hydroxyl groups excluding tert-OH is 1. The van der Waals surface area contributed by atoms with Gasteiger partial charge in [-0.15, -0.1) is 0 Å². The first-order valence-electron chi connectivity index (χ1n) is 4.99. The van der Waals surface area contributed by atoms with Crippen molar-refractivity contribution in [1.29, 1.82) is 0 Å². The zero-order valence-corrected chi connectivity index (χ0v) is 11.5. The van der Waals surface area contributed by atoms with Gasteiger partial charge in [0.2, 0.25) is 0 Å². The number of ether oxygens (including phenoxy) is 1. The fraction of sp³-hybridized carbons (Fsp3) is 1.00. The molecule has 0 aliphatic heterocycles. The third-order valence-electron chi connectivity index (χ3n) is 2.52. The Bertz CT molecular complexity index is 167. The molecule has 1 N–H and O–H groups in total. The second-order valence-corrected chi connectivity index (χ2v) is 6.52. The van der Waals surface area contributed by atoms with E-state index in [1.807, 2.05) is 0 Å². The fourth-order valence-electron chi connectivity index (χ4n) is 1.77. The van der Waals surface area contributed by atoms with Crippen molar-refractivity contribution >= 4 is 15.9 Å². The molecule has 0 aliphatic carbocycles. The third-order valence-corrected chi connectivity index (χ3v) is 4.03. The molecule has 0 rings (SSSR count). The van der Waals surface area contributed by atoms with Crippen LogP contribution in [-0.4, -0.2) is 30.3 Å². The average molecular weight is 267 g/mol. The van der Waals surface area contributed by atoms with Crippen molar-refractivity contribution in [1.82, 2.24) is 0 Å². The van der Waals surface area contributed by atoms with E-state index in [4.69, 9.17) is 4.74 Å². The van der Waals surface area contributed by atoms with Gasteiger partial charge in [-0.25, -0.2) is 0 Å². The van der Waals surface area contributed by atoms with Crippen LogP contribution in [0.25, 0.3) is 0 Å². The Morgan fingerprint density at radius 3 is 2.14 bits per heavy atom. The average Bonchev–Trinajstić information content (AvgIpc) is 2.03. The first-order valence-corrected chi connectivity index (χ1v) is 5.90. The van der Waals surface area contributed by atoms with Crippen molar-refractivity contribution in [3.05, 3.63) is 0 Å². The molecule has 2 nitrogen and oxygen atoms in total. The van der Waals surface area contributed by atoms with Gasteiger partial charge in [-0.3, -0.25) is 0 Å². The summed E-state index contributed by atoms with van der Waals surface area (Å²) in [6.07, 6.45) is 0.968. The molecule has 0 amide bonds. The van der Waals surface area contributed by atoms with E-state index in [0.29, 0.717) is 11.4 Å². The zero-order valence-electron chi connectivity index (χ0n) is 9.93. The predicted octanol–water partition coefficient (Wildman–Crippen LogP) is 2.83. The maximum absolute atomic E-state index is 9.22. The Kier molecular flexibility index (Phi) is 5.63. The first kappa shape index (κ1) is 14.4. The molecule has 3 heteroatoms. The second-order valence-electron chi connectivity index (χ2n) is 5.41. The molecule has 0 unspecified atom stereocenters. The molecule has 1 atom stereocenters. The highest BCUT2D eigenvalue weighted by Crippen LogP contribution is 2.38. The summed E-state index contributed by atoms with van der Waals surface area (Å²) in [5.41, 5.74) is 0.103. The van der Waals surface area contributed by atoms with Crippen LogP contribution in [0.2, 0.25) is 0 Å². The standard InChI is InChI=1S/C11H23BrO2/c1-10(2,8-13)7-11(3,4)9(12)6-14-5/h9,13H,6-8H2,1-5H3/t9-/m1/s1. The number of aliphatic hydroxyl groups is 1. The number of methoxy groups -OCH3 is 1. The van der Waals surface area contributed by atoms with E-state index in [1.165, 1.54) is 0 Å². The summed E-state index contributed by atoms with van der Waals surface area (Å²) in [6.45, 7) is 9.49. The van der Waals surface area contributed by atoms with E-state index < -0.39 is 0 Å². The molecule has 0 radical (unpaired) electrons. The summed E-state index contributed by atoms with van der Waals surface area (Å²) < 4.78 is 5.13. The Morgan fingerprint density at radius 2 is 1.79 bits per heavy atom. The van der Waals surface area contributed by atoms with E-state index in [-0.39, 0.29) is 17.4 Å². The normalized spacial score (nSPS) is 15.6. The quantitative estimate of drug-likeness (QED) is 0.750. The van der Waals surface area contributed by atoms with Crippen molar-refractivity contribution in [2.45, 2.75) is 38.9 Å². The first-order chi connectivity index (χ1) is 6.25. The maximum atomic E-state index is 9.22. The number of rotatable bonds is 6. The summed E-state index contributed by atoms with van der Waals surface area (Å²) in [7, 11) is 1.71. The summed E-state index contributed by atoms with van der Waals surface area (Å²) in [6, 6.07) is 0. The number of hydrogen-bond acceptors (Lipinski definition) is 2. The minimum absolute atomic E-state index is 0.0245. The van der Waals surface area contributed by atoms with Gasteiger partial charge in [-0.05, 0) is 17.3 Å². The highest BCUT2D eigenvalue weighted by molar-refractivity contribution is 9.09. The van der Waals surface area contributed by atoms with E-state index in [1.54, 1.807) is 7.11 Å². The van der Waals surface area contributed by atoms with Gasteiger partial charge < -0.3 is 9.84 Å². The maximum Gasteiger partial charge on any atom is 0.0592 e. The molecule has 0 aromatic rings. The lowest BCUT2D eigenvalue weighted by molar-refractivity contribution is 0.0845. The van der Waals surface area contributed by atoms with Crippen LogP contribution in [-0.2, 0) is 4.74 Å². The van der Waals surface area contributed by atoms with Crippen LogP contribution in [0, 0.1) is 10.8 Å². The van der Waals surface area contributed by atoms with Crippen LogP contribution in [0.15, 0.2) is 0 Å². The largest absolute Gasteiger partial charge is 0.396 e. The van der Waals surface area contributed by atoms with Gasteiger partial charge in [-0.2, -0.15) is 0 Å². The lowest BCUT2D eigenvalue weighted by atomic mass is 9.74. The van der Waals surface area contributed by atoms with Crippen LogP contribution in [0.5, 0.6) is 0 Å². The molecule has 14 heavy (non-hydrogen) atoms. The molecule has 0 aliphatic rings. The molecular weight excluding hydrogens is 244 g/mol. The fourth-order valence-corrected chi connectivity index (χ4v) is 2.20. The summed E-state index contributed by atoms with van der Waals surface area (Å²) in [5, 5.41) is 9.22. The van der Waals surface area contributed by atoms with Gasteiger partial charge >= 0.3 is 0 Å². The molecule has 86 valence electrons. The molecule has 0 spiro atoms. The summed E-state index contributed by atoms with van der Waals surface area (Å²) in [5.74, 6) is 0. The number of hydrogen-bond donors (Lipinski definition) is 1. The van der Waals surface area contributed by atoms with Gasteiger partial charge in [0.05, 0.1) is 6.61 Å². The Hall–Kier alpha value is 0.400. The Balaban J connectivity index is 4.31. The Morgan fingerprint density at radius 1 is 1.29 bits per heavy atom. The highest BCUT2D eigenvalue weighted by Gasteiger charge is 2.33. The van der Waals surface area contributed by atoms with Crippen LogP contribution >= 0.6 is 15.9 Å². The smallest absolute Gasteiger partial charge is 0.0592 e. The van der Waals surface area contributed by atoms with E-state index in [9.17, 15) is 5.11 Å². The Labute approximate surface area is 96.2 Å². The SMILES string of the molecule is COC[C@@H](Br)C(C)(C)CC(C)(C)CO. The minimum atomic E-state index is -0.0245. The molecular formula is C11H23BrO2. The summed E-state index contributed by atoms with van der Waals surface area (Å²) >= 11 is 3.63. The topological polar surface area (TPSA) is 29.5 Å². The molecule has 0 bridgehead atoms. The number of halogens is 1. The number of alkyl halides is 1. The van der Waals surface area contributed by atoms with E-state index >= 15 is 0 Å². The van der Waals surface area contributed by atoms with E-state index in [0.717, 1.165) is 6.42 Å². The second kappa shape index (κ2) is 5.47. The van der Waals surface area contributed by atoms with Crippen LogP contribution < -0.4 is 0 Å².